The number of carbonyl (C=O) groups excluding carboxylic acids is 1. The SMILES string of the molecule is CCN1C=CN(C)C1.O=C[O-]. The van der Waals surface area contributed by atoms with Gasteiger partial charge in [0.1, 0.15) is 0 Å². The molecule has 4 nitrogen and oxygen atoms in total. The summed E-state index contributed by atoms with van der Waals surface area (Å²) in [7, 11) is 2.08. The lowest BCUT2D eigenvalue weighted by atomic mass is 10.6. The van der Waals surface area contributed by atoms with Gasteiger partial charge in [0.25, 0.3) is 0 Å². The van der Waals surface area contributed by atoms with Crippen molar-refractivity contribution in [2.45, 2.75) is 6.92 Å². The van der Waals surface area contributed by atoms with Crippen LogP contribution in [0.3, 0.4) is 0 Å². The maximum Gasteiger partial charge on any atom is 0.0890 e. The molecule has 0 bridgehead atoms. The minimum Gasteiger partial charge on any atom is -0.554 e. The van der Waals surface area contributed by atoms with E-state index in [0.29, 0.717) is 0 Å². The molecule has 0 fully saturated rings. The van der Waals surface area contributed by atoms with Crippen molar-refractivity contribution in [1.82, 2.24) is 9.80 Å². The van der Waals surface area contributed by atoms with Gasteiger partial charge in [-0.25, -0.2) is 0 Å². The average Bonchev–Trinajstić information content (AvgIpc) is 2.37. The summed E-state index contributed by atoms with van der Waals surface area (Å²) in [6.45, 7) is 3.82. The van der Waals surface area contributed by atoms with E-state index in [1.807, 2.05) is 0 Å². The van der Waals surface area contributed by atoms with Crippen molar-refractivity contribution in [2.24, 2.45) is 0 Å². The Balaban J connectivity index is 0.000000292. The summed E-state index contributed by atoms with van der Waals surface area (Å²) < 4.78 is 0. The summed E-state index contributed by atoms with van der Waals surface area (Å²) >= 11 is 0. The molecule has 1 aliphatic rings. The van der Waals surface area contributed by atoms with Crippen molar-refractivity contribution in [2.75, 3.05) is 20.3 Å². The van der Waals surface area contributed by atoms with Gasteiger partial charge in [0.15, 0.2) is 0 Å². The molecule has 0 radical (unpaired) electrons. The van der Waals surface area contributed by atoms with E-state index in [0.717, 1.165) is 13.2 Å². The van der Waals surface area contributed by atoms with Gasteiger partial charge in [0.2, 0.25) is 0 Å². The van der Waals surface area contributed by atoms with Gasteiger partial charge in [0, 0.05) is 32.5 Å². The fourth-order valence-corrected chi connectivity index (χ4v) is 0.794. The number of carbonyl (C=O) groups is 1. The standard InChI is InChI=1S/C6H12N2.CH2O2/c1-3-8-5-4-7(2)6-8;2-1-3/h4-5H,3,6H2,1-2H3;1H,(H,2,3)/p-1. The molecule has 0 saturated carbocycles. The van der Waals surface area contributed by atoms with Gasteiger partial charge in [-0.3, -0.25) is 0 Å². The highest BCUT2D eigenvalue weighted by molar-refractivity contribution is 5.29. The van der Waals surface area contributed by atoms with E-state index in [2.05, 4.69) is 36.2 Å². The molecule has 0 N–H and O–H groups in total. The van der Waals surface area contributed by atoms with Crippen LogP contribution in [0.25, 0.3) is 0 Å². The van der Waals surface area contributed by atoms with Gasteiger partial charge in [-0.05, 0) is 6.92 Å². The van der Waals surface area contributed by atoms with E-state index in [1.54, 1.807) is 0 Å². The minimum absolute atomic E-state index is 0.500. The van der Waals surface area contributed by atoms with Crippen LogP contribution in [0.4, 0.5) is 0 Å². The maximum atomic E-state index is 8.25. The van der Waals surface area contributed by atoms with Crippen molar-refractivity contribution in [1.29, 1.82) is 0 Å². The summed E-state index contributed by atoms with van der Waals surface area (Å²) in [4.78, 5) is 12.7. The zero-order valence-corrected chi connectivity index (χ0v) is 6.86. The Morgan fingerprint density at radius 1 is 1.64 bits per heavy atom. The molecule has 0 aromatic carbocycles. The maximum absolute atomic E-state index is 8.25. The van der Waals surface area contributed by atoms with Crippen LogP contribution in [0.5, 0.6) is 0 Å². The highest BCUT2D eigenvalue weighted by Crippen LogP contribution is 2.00. The first-order valence-corrected chi connectivity index (χ1v) is 3.42. The minimum atomic E-state index is -0.500. The summed E-state index contributed by atoms with van der Waals surface area (Å²) in [5.74, 6) is 0. The molecule has 1 aliphatic heterocycles. The molecule has 0 aromatic rings. The topological polar surface area (TPSA) is 46.6 Å². The van der Waals surface area contributed by atoms with Crippen LogP contribution in [-0.2, 0) is 4.79 Å². The molecule has 64 valence electrons. The molecule has 0 amide bonds. The first-order chi connectivity index (χ1) is 5.24. The molecular weight excluding hydrogens is 144 g/mol. The second-order valence-electron chi connectivity index (χ2n) is 2.20. The lowest BCUT2D eigenvalue weighted by Gasteiger charge is -2.14. The van der Waals surface area contributed by atoms with Crippen LogP contribution >= 0.6 is 0 Å². The molecule has 0 atom stereocenters. The van der Waals surface area contributed by atoms with Crippen molar-refractivity contribution in [3.05, 3.63) is 12.4 Å². The van der Waals surface area contributed by atoms with Crippen LogP contribution in [0, 0.1) is 0 Å². The molecule has 0 unspecified atom stereocenters. The van der Waals surface area contributed by atoms with E-state index in [4.69, 9.17) is 9.90 Å². The highest BCUT2D eigenvalue weighted by atomic mass is 16.3. The quantitative estimate of drug-likeness (QED) is 0.460. The Hall–Kier alpha value is -1.19. The summed E-state index contributed by atoms with van der Waals surface area (Å²) in [5, 5.41) is 8.25. The number of carboxylic acid groups (broad SMARTS) is 1. The summed E-state index contributed by atoms with van der Waals surface area (Å²) in [5.41, 5.74) is 0. The Labute approximate surface area is 66.7 Å². The number of hydrogen-bond acceptors (Lipinski definition) is 4. The van der Waals surface area contributed by atoms with Crippen LogP contribution in [0.1, 0.15) is 6.92 Å². The van der Waals surface area contributed by atoms with Gasteiger partial charge >= 0.3 is 0 Å². The van der Waals surface area contributed by atoms with Crippen LogP contribution in [0.15, 0.2) is 12.4 Å². The molecule has 0 aliphatic carbocycles. The number of hydrogen-bond donors (Lipinski definition) is 0. The zero-order valence-electron chi connectivity index (χ0n) is 6.86. The lowest BCUT2D eigenvalue weighted by molar-refractivity contribution is -0.283. The van der Waals surface area contributed by atoms with E-state index >= 15 is 0 Å². The number of rotatable bonds is 1. The van der Waals surface area contributed by atoms with Crippen molar-refractivity contribution >= 4 is 6.47 Å². The van der Waals surface area contributed by atoms with E-state index in [9.17, 15) is 0 Å². The summed E-state index contributed by atoms with van der Waals surface area (Å²) in [6.07, 6.45) is 4.20. The first kappa shape index (κ1) is 9.81. The predicted molar refractivity (Wildman–Crippen MR) is 40.2 cm³/mol. The van der Waals surface area contributed by atoms with E-state index in [-0.39, 0.29) is 0 Å². The zero-order chi connectivity index (χ0) is 8.69. The van der Waals surface area contributed by atoms with Gasteiger partial charge in [0.05, 0.1) is 6.67 Å². The van der Waals surface area contributed by atoms with E-state index in [1.165, 1.54) is 0 Å². The third-order valence-electron chi connectivity index (χ3n) is 1.34. The van der Waals surface area contributed by atoms with E-state index < -0.39 is 6.47 Å². The highest BCUT2D eigenvalue weighted by Gasteiger charge is 2.03. The third kappa shape index (κ3) is 4.25. The second-order valence-corrected chi connectivity index (χ2v) is 2.20. The average molecular weight is 157 g/mol. The first-order valence-electron chi connectivity index (χ1n) is 3.42. The molecule has 0 saturated heterocycles. The third-order valence-corrected chi connectivity index (χ3v) is 1.34. The molecule has 1 heterocycles. The Kier molecular flexibility index (Phi) is 4.98. The Morgan fingerprint density at radius 3 is 2.36 bits per heavy atom. The monoisotopic (exact) mass is 157 g/mol. The molecule has 4 heteroatoms. The van der Waals surface area contributed by atoms with Crippen molar-refractivity contribution < 1.29 is 9.90 Å². The van der Waals surface area contributed by atoms with Crippen molar-refractivity contribution in [3.8, 4) is 0 Å². The fraction of sp³-hybridized carbons (Fsp3) is 0.571. The van der Waals surface area contributed by atoms with Gasteiger partial charge in [-0.1, -0.05) is 0 Å². The van der Waals surface area contributed by atoms with Gasteiger partial charge in [-0.2, -0.15) is 0 Å². The second kappa shape index (κ2) is 5.58. The molecular formula is C7H13N2O2-. The Bertz CT molecular complexity index is 136. The van der Waals surface area contributed by atoms with Crippen LogP contribution in [-0.4, -0.2) is 36.5 Å². The summed E-state index contributed by atoms with van der Waals surface area (Å²) in [6, 6.07) is 0. The van der Waals surface area contributed by atoms with Crippen LogP contribution in [0.2, 0.25) is 0 Å². The number of nitrogens with zero attached hydrogens (tertiary/aromatic N) is 2. The van der Waals surface area contributed by atoms with Gasteiger partial charge < -0.3 is 19.7 Å². The van der Waals surface area contributed by atoms with Crippen LogP contribution < -0.4 is 5.11 Å². The lowest BCUT2D eigenvalue weighted by Crippen LogP contribution is -2.21. The fourth-order valence-electron chi connectivity index (χ4n) is 0.794. The normalized spacial score (nSPS) is 14.4. The molecule has 1 rings (SSSR count). The smallest absolute Gasteiger partial charge is 0.0890 e. The predicted octanol–water partition coefficient (Wildman–Crippen LogP) is -0.951. The molecule has 0 aromatic heterocycles. The molecule has 0 spiro atoms. The van der Waals surface area contributed by atoms with Gasteiger partial charge in [-0.15, -0.1) is 0 Å². The largest absolute Gasteiger partial charge is 0.554 e. The van der Waals surface area contributed by atoms with Crippen molar-refractivity contribution in [3.63, 3.8) is 0 Å². The molecule has 11 heavy (non-hydrogen) atoms. The Morgan fingerprint density at radius 2 is 2.18 bits per heavy atom.